The van der Waals surface area contributed by atoms with E-state index in [-0.39, 0.29) is 19.1 Å². The zero-order chi connectivity index (χ0) is 56.3. The monoisotopic (exact) mass is 1100 g/mol. The maximum Gasteiger partial charge on any atom is 0.268 e. The molecule has 8 nitrogen and oxygen atoms in total. The molecule has 0 saturated carbocycles. The van der Waals surface area contributed by atoms with Gasteiger partial charge >= 0.3 is 0 Å². The summed E-state index contributed by atoms with van der Waals surface area (Å²) in [6.07, 6.45) is 81.4. The first-order chi connectivity index (χ1) is 37.5. The van der Waals surface area contributed by atoms with Gasteiger partial charge in [-0.2, -0.15) is 0 Å². The number of nitrogens with one attached hydrogen (secondary N) is 1. The number of hydrogen-bond donors (Lipinski definition) is 2. The van der Waals surface area contributed by atoms with Crippen molar-refractivity contribution in [2.24, 2.45) is 0 Å². The van der Waals surface area contributed by atoms with Gasteiger partial charge in [0.15, 0.2) is 0 Å². The molecule has 3 unspecified atom stereocenters. The third-order valence-corrected chi connectivity index (χ3v) is 15.6. The number of aliphatic hydroxyl groups is 1. The maximum absolute atomic E-state index is 13.0. The number of quaternary nitrogens is 1. The van der Waals surface area contributed by atoms with Crippen molar-refractivity contribution in [3.05, 3.63) is 72.9 Å². The average molecular weight is 1100 g/mol. The Morgan fingerprint density at radius 2 is 0.792 bits per heavy atom. The number of unbranched alkanes of at least 4 members (excludes halogenated alkanes) is 37. The fraction of sp³-hybridized carbons (Fsp3) is 0.809. The van der Waals surface area contributed by atoms with Crippen molar-refractivity contribution < 1.29 is 32.9 Å². The number of rotatable bonds is 60. The van der Waals surface area contributed by atoms with E-state index in [1.807, 2.05) is 27.2 Å². The predicted molar refractivity (Wildman–Crippen MR) is 334 cm³/mol. The molecule has 9 heteroatoms. The van der Waals surface area contributed by atoms with Gasteiger partial charge in [-0.3, -0.25) is 9.36 Å². The fourth-order valence-electron chi connectivity index (χ4n) is 9.60. The van der Waals surface area contributed by atoms with Crippen molar-refractivity contribution in [3.8, 4) is 0 Å². The average Bonchev–Trinajstić information content (AvgIpc) is 3.39. The Morgan fingerprint density at radius 3 is 1.16 bits per heavy atom. The summed E-state index contributed by atoms with van der Waals surface area (Å²) in [5.74, 6) is -0.195. The number of nitrogens with zero attached hydrogens (tertiary/aromatic N) is 1. The van der Waals surface area contributed by atoms with Crippen molar-refractivity contribution in [1.29, 1.82) is 0 Å². The Kier molecular flexibility index (Phi) is 57.0. The number of allylic oxidation sites excluding steroid dienone is 11. The molecule has 0 aromatic carbocycles. The number of hydrogen-bond acceptors (Lipinski definition) is 6. The second-order valence-corrected chi connectivity index (χ2v) is 24.9. The van der Waals surface area contributed by atoms with Crippen LogP contribution in [0.25, 0.3) is 0 Å². The summed E-state index contributed by atoms with van der Waals surface area (Å²) in [5, 5.41) is 13.9. The summed E-state index contributed by atoms with van der Waals surface area (Å²) < 4.78 is 23.4. The van der Waals surface area contributed by atoms with Gasteiger partial charge in [-0.15, -0.1) is 0 Å². The summed E-state index contributed by atoms with van der Waals surface area (Å²) in [5.41, 5.74) is 0. The Morgan fingerprint density at radius 1 is 0.468 bits per heavy atom. The molecule has 1 amide bonds. The topological polar surface area (TPSA) is 108 Å². The van der Waals surface area contributed by atoms with E-state index >= 15 is 0 Å². The van der Waals surface area contributed by atoms with Crippen LogP contribution in [0, 0.1) is 0 Å². The van der Waals surface area contributed by atoms with E-state index in [9.17, 15) is 19.4 Å². The molecule has 0 saturated heterocycles. The molecular weight excluding hydrogens is 972 g/mol. The molecule has 0 radical (unpaired) electrons. The Labute approximate surface area is 478 Å². The van der Waals surface area contributed by atoms with Gasteiger partial charge in [-0.05, 0) is 64.2 Å². The Bertz CT molecular complexity index is 1480. The Balaban J connectivity index is 4.08. The number of carbonyl (C=O) groups is 1. The highest BCUT2D eigenvalue weighted by molar-refractivity contribution is 7.45. The van der Waals surface area contributed by atoms with Gasteiger partial charge in [-0.25, -0.2) is 0 Å². The molecule has 0 fully saturated rings. The van der Waals surface area contributed by atoms with Crippen LogP contribution in [0.15, 0.2) is 72.9 Å². The molecule has 3 atom stereocenters. The lowest BCUT2D eigenvalue weighted by atomic mass is 10.0. The van der Waals surface area contributed by atoms with Gasteiger partial charge in [0, 0.05) is 6.42 Å². The van der Waals surface area contributed by atoms with Crippen LogP contribution in [-0.4, -0.2) is 68.5 Å². The summed E-state index contributed by atoms with van der Waals surface area (Å²) in [6.45, 7) is 4.57. The molecule has 450 valence electrons. The van der Waals surface area contributed by atoms with E-state index in [0.29, 0.717) is 17.4 Å². The van der Waals surface area contributed by atoms with E-state index in [0.717, 1.165) is 70.6 Å². The highest BCUT2D eigenvalue weighted by atomic mass is 31.2. The fourth-order valence-corrected chi connectivity index (χ4v) is 10.3. The molecule has 0 aliphatic heterocycles. The number of likely N-dealkylation sites (N-methyl/N-ethyl adjacent to an activating group) is 1. The highest BCUT2D eigenvalue weighted by Gasteiger charge is 2.23. The van der Waals surface area contributed by atoms with Crippen LogP contribution in [0.4, 0.5) is 0 Å². The lowest BCUT2D eigenvalue weighted by Gasteiger charge is -2.29. The van der Waals surface area contributed by atoms with E-state index in [4.69, 9.17) is 9.05 Å². The van der Waals surface area contributed by atoms with Crippen LogP contribution >= 0.6 is 7.82 Å². The largest absolute Gasteiger partial charge is 0.756 e. The minimum Gasteiger partial charge on any atom is -0.756 e. The number of carbonyl (C=O) groups excluding carboxylic acids is 1. The standard InChI is InChI=1S/C68H127N2O6P/c1-6-8-10-12-14-16-18-20-22-24-26-28-30-31-32-33-34-35-36-37-38-39-40-42-44-46-48-50-52-54-56-58-60-62-68(72)69-66(65-76-77(73,74)75-64-63-70(3,4)5)67(71)61-59-57-55-53-51-49-47-45-43-41-29-27-25-23-21-19-17-15-13-11-9-7-2/h8,10,14,16,20,22,26,28,31-32,59,61,66-67,71H,6-7,9,11-13,15,17-19,21,23-25,27,29-30,33-58,60,62-65H2,1-5H3,(H-,69,72,73,74)/b10-8-,16-14-,22-20-,28-26-,32-31-,61-59+. The van der Waals surface area contributed by atoms with Gasteiger partial charge in [0.25, 0.3) is 7.82 Å². The molecule has 0 aliphatic rings. The van der Waals surface area contributed by atoms with Crippen LogP contribution in [0.1, 0.15) is 303 Å². The van der Waals surface area contributed by atoms with Gasteiger partial charge in [0.2, 0.25) is 5.91 Å². The van der Waals surface area contributed by atoms with Crippen molar-refractivity contribution in [3.63, 3.8) is 0 Å². The van der Waals surface area contributed by atoms with Gasteiger partial charge in [0.05, 0.1) is 39.9 Å². The van der Waals surface area contributed by atoms with Crippen molar-refractivity contribution in [2.75, 3.05) is 40.9 Å². The first kappa shape index (κ1) is 74.9. The minimum atomic E-state index is -4.60. The lowest BCUT2D eigenvalue weighted by molar-refractivity contribution is -0.870. The zero-order valence-electron chi connectivity index (χ0n) is 51.4. The molecular formula is C68H127N2O6P. The molecule has 0 spiro atoms. The second kappa shape index (κ2) is 58.6. The maximum atomic E-state index is 13.0. The quantitative estimate of drug-likeness (QED) is 0.0272. The minimum absolute atomic E-state index is 0.00146. The smallest absolute Gasteiger partial charge is 0.268 e. The highest BCUT2D eigenvalue weighted by Crippen LogP contribution is 2.38. The Hall–Kier alpha value is -2.06. The summed E-state index contributed by atoms with van der Waals surface area (Å²) in [4.78, 5) is 25.6. The normalized spacial score (nSPS) is 14.2. The predicted octanol–water partition coefficient (Wildman–Crippen LogP) is 20.0. The molecule has 0 aliphatic carbocycles. The van der Waals surface area contributed by atoms with E-state index < -0.39 is 20.0 Å². The van der Waals surface area contributed by atoms with Crippen LogP contribution in [0.5, 0.6) is 0 Å². The van der Waals surface area contributed by atoms with Gasteiger partial charge in [0.1, 0.15) is 13.2 Å². The van der Waals surface area contributed by atoms with Crippen molar-refractivity contribution in [1.82, 2.24) is 5.32 Å². The molecule has 0 bridgehead atoms. The van der Waals surface area contributed by atoms with E-state index in [1.165, 1.54) is 212 Å². The SMILES string of the molecule is CC/C=C\C/C=C\C/C=C\C/C=C\C/C=C\CCCCCCCCCCCCCCCCCCCC(=O)NC(COP(=O)([O-])OCC[N+](C)(C)C)C(O)/C=C/CCCCCCCCCCCCCCCCCCCCCC. The molecule has 2 N–H and O–H groups in total. The summed E-state index contributed by atoms with van der Waals surface area (Å²) >= 11 is 0. The molecule has 0 heterocycles. The molecule has 0 rings (SSSR count). The van der Waals surface area contributed by atoms with Crippen molar-refractivity contribution >= 4 is 13.7 Å². The number of amides is 1. The van der Waals surface area contributed by atoms with E-state index in [2.05, 4.69) is 79.9 Å². The second-order valence-electron chi connectivity index (χ2n) is 23.4. The zero-order valence-corrected chi connectivity index (χ0v) is 52.3. The van der Waals surface area contributed by atoms with Gasteiger partial charge in [-0.1, -0.05) is 305 Å². The first-order valence-corrected chi connectivity index (χ1v) is 34.3. The molecule has 0 aromatic rings. The van der Waals surface area contributed by atoms with Crippen LogP contribution in [-0.2, 0) is 18.4 Å². The summed E-state index contributed by atoms with van der Waals surface area (Å²) in [6, 6.07) is -0.889. The lowest BCUT2D eigenvalue weighted by Crippen LogP contribution is -2.45. The van der Waals surface area contributed by atoms with Crippen LogP contribution in [0.3, 0.4) is 0 Å². The van der Waals surface area contributed by atoms with Crippen LogP contribution in [0.2, 0.25) is 0 Å². The molecule has 0 aromatic heterocycles. The number of aliphatic hydroxyl groups excluding tert-OH is 1. The summed E-state index contributed by atoms with van der Waals surface area (Å²) in [7, 11) is 1.27. The number of phosphoric ester groups is 1. The van der Waals surface area contributed by atoms with Crippen LogP contribution < -0.4 is 10.2 Å². The van der Waals surface area contributed by atoms with Gasteiger partial charge < -0.3 is 28.8 Å². The number of phosphoric acid groups is 1. The van der Waals surface area contributed by atoms with E-state index in [1.54, 1.807) is 6.08 Å². The third-order valence-electron chi connectivity index (χ3n) is 14.7. The van der Waals surface area contributed by atoms with Crippen molar-refractivity contribution in [2.45, 2.75) is 315 Å². The third kappa shape index (κ3) is 61.4. The first-order valence-electron chi connectivity index (χ1n) is 32.8. The molecule has 77 heavy (non-hydrogen) atoms.